The van der Waals surface area contributed by atoms with Crippen LogP contribution in [0.1, 0.15) is 20.3 Å². The first-order valence-corrected chi connectivity index (χ1v) is 4.44. The van der Waals surface area contributed by atoms with Crippen LogP contribution in [0.15, 0.2) is 21.8 Å². The first kappa shape index (κ1) is 8.53. The molecule has 1 aliphatic heterocycles. The molecule has 60 valence electrons. The monoisotopic (exact) mass is 215 g/mol. The number of hydrogen-bond donors (Lipinski definition) is 1. The Balaban J connectivity index is 3.05. The zero-order valence-corrected chi connectivity index (χ0v) is 8.16. The molecule has 0 aromatic rings. The normalized spacial score (nSPS) is 21.4. The Morgan fingerprint density at radius 3 is 2.64 bits per heavy atom. The average molecular weight is 216 g/mol. The lowest BCUT2D eigenvalue weighted by Gasteiger charge is -1.98. The van der Waals surface area contributed by atoms with Crippen LogP contribution >= 0.6 is 15.9 Å². The van der Waals surface area contributed by atoms with Gasteiger partial charge in [0, 0.05) is 10.6 Å². The predicted molar refractivity (Wildman–Crippen MR) is 48.1 cm³/mol. The maximum absolute atomic E-state index is 11.1. The van der Waals surface area contributed by atoms with E-state index < -0.39 is 0 Å². The summed E-state index contributed by atoms with van der Waals surface area (Å²) in [5.74, 6) is 0.0209. The quantitative estimate of drug-likeness (QED) is 0.714. The Labute approximate surface area is 74.5 Å². The summed E-state index contributed by atoms with van der Waals surface area (Å²) in [6.45, 7) is 3.88. The van der Waals surface area contributed by atoms with E-state index in [1.807, 2.05) is 13.8 Å². The highest BCUT2D eigenvalue weighted by Gasteiger charge is 2.21. The van der Waals surface area contributed by atoms with E-state index >= 15 is 0 Å². The van der Waals surface area contributed by atoms with Crippen LogP contribution in [-0.2, 0) is 4.79 Å². The van der Waals surface area contributed by atoms with Gasteiger partial charge in [-0.05, 0) is 18.9 Å². The number of rotatable bonds is 1. The number of carbonyl (C=O) groups excluding carboxylic acids is 1. The molecule has 1 aliphatic rings. The van der Waals surface area contributed by atoms with Crippen molar-refractivity contribution in [3.8, 4) is 0 Å². The molecule has 0 unspecified atom stereocenters. The molecule has 2 nitrogen and oxygen atoms in total. The van der Waals surface area contributed by atoms with Gasteiger partial charge in [0.1, 0.15) is 0 Å². The molecular formula is C8H10BrNO. The zero-order chi connectivity index (χ0) is 8.43. The van der Waals surface area contributed by atoms with Crippen molar-refractivity contribution < 1.29 is 4.79 Å². The van der Waals surface area contributed by atoms with Crippen molar-refractivity contribution in [2.24, 2.45) is 0 Å². The molecule has 1 heterocycles. The molecule has 0 atom stereocenters. The third-order valence-corrected chi connectivity index (χ3v) is 2.29. The number of hydrogen-bond acceptors (Lipinski definition) is 1. The van der Waals surface area contributed by atoms with Crippen molar-refractivity contribution in [3.63, 3.8) is 0 Å². The van der Waals surface area contributed by atoms with Gasteiger partial charge >= 0.3 is 0 Å². The topological polar surface area (TPSA) is 29.1 Å². The molecule has 0 aliphatic carbocycles. The molecule has 0 saturated heterocycles. The summed E-state index contributed by atoms with van der Waals surface area (Å²) < 4.78 is 0. The van der Waals surface area contributed by atoms with E-state index in [4.69, 9.17) is 0 Å². The van der Waals surface area contributed by atoms with Crippen molar-refractivity contribution in [1.29, 1.82) is 0 Å². The summed E-state index contributed by atoms with van der Waals surface area (Å²) in [7, 11) is 0. The minimum absolute atomic E-state index is 0.0209. The van der Waals surface area contributed by atoms with Crippen molar-refractivity contribution in [2.75, 3.05) is 0 Å². The summed E-state index contributed by atoms with van der Waals surface area (Å²) in [5.41, 5.74) is 2.83. The van der Waals surface area contributed by atoms with Gasteiger partial charge in [0.15, 0.2) is 0 Å². The Morgan fingerprint density at radius 1 is 1.64 bits per heavy atom. The summed E-state index contributed by atoms with van der Waals surface area (Å²) in [4.78, 5) is 12.8. The molecule has 0 aromatic heterocycles. The molecular weight excluding hydrogens is 206 g/mol. The van der Waals surface area contributed by atoms with Gasteiger partial charge in [-0.2, -0.15) is 0 Å². The van der Waals surface area contributed by atoms with Crippen LogP contribution in [0.2, 0.25) is 0 Å². The second-order valence-corrected chi connectivity index (χ2v) is 2.89. The second kappa shape index (κ2) is 3.22. The number of carbonyl (C=O) groups is 1. The van der Waals surface area contributed by atoms with E-state index in [1.54, 1.807) is 4.99 Å². The summed E-state index contributed by atoms with van der Waals surface area (Å²) in [5, 5.41) is 2.76. The molecule has 11 heavy (non-hydrogen) atoms. The second-order valence-electron chi connectivity index (χ2n) is 2.43. The molecule has 0 radical (unpaired) electrons. The molecule has 0 fully saturated rings. The van der Waals surface area contributed by atoms with Gasteiger partial charge in [0.2, 0.25) is 0 Å². The van der Waals surface area contributed by atoms with Crippen LogP contribution < -0.4 is 5.32 Å². The molecule has 1 N–H and O–H groups in total. The number of allylic oxidation sites excluding steroid dienone is 1. The van der Waals surface area contributed by atoms with E-state index in [-0.39, 0.29) is 5.91 Å². The van der Waals surface area contributed by atoms with Gasteiger partial charge < -0.3 is 5.32 Å². The van der Waals surface area contributed by atoms with Gasteiger partial charge in [-0.25, -0.2) is 0 Å². The Kier molecular flexibility index (Phi) is 2.49. The van der Waals surface area contributed by atoms with Crippen LogP contribution in [0.4, 0.5) is 0 Å². The minimum Gasteiger partial charge on any atom is -0.322 e. The van der Waals surface area contributed by atoms with E-state index in [0.29, 0.717) is 0 Å². The first-order chi connectivity index (χ1) is 5.20. The van der Waals surface area contributed by atoms with E-state index in [2.05, 4.69) is 21.2 Å². The smallest absolute Gasteiger partial charge is 0.251 e. The Morgan fingerprint density at radius 2 is 2.27 bits per heavy atom. The predicted octanol–water partition coefficient (Wildman–Crippen LogP) is 2.08. The molecule has 1 amide bonds. The Hall–Kier alpha value is -0.570. The minimum atomic E-state index is 0.0209. The molecule has 0 bridgehead atoms. The average Bonchev–Trinajstić information content (AvgIpc) is 2.28. The largest absolute Gasteiger partial charge is 0.322 e. The summed E-state index contributed by atoms with van der Waals surface area (Å²) in [6.07, 6.45) is 0.891. The van der Waals surface area contributed by atoms with Crippen LogP contribution in [0.25, 0.3) is 0 Å². The fraction of sp³-hybridized carbons (Fsp3) is 0.375. The van der Waals surface area contributed by atoms with Crippen LogP contribution in [0.5, 0.6) is 0 Å². The molecule has 0 spiro atoms. The fourth-order valence-electron chi connectivity index (χ4n) is 1.18. The fourth-order valence-corrected chi connectivity index (χ4v) is 1.57. The van der Waals surface area contributed by atoms with Crippen LogP contribution in [-0.4, -0.2) is 5.91 Å². The highest BCUT2D eigenvalue weighted by atomic mass is 79.9. The standard InChI is InChI=1S/C8H10BrNO/c1-3-6-5(2)8(11)10-7(6)4-9/h4H,3H2,1-2H3,(H,10,11). The van der Waals surface area contributed by atoms with Crippen LogP contribution in [0, 0.1) is 0 Å². The van der Waals surface area contributed by atoms with Gasteiger partial charge in [-0.15, -0.1) is 0 Å². The molecule has 0 aromatic carbocycles. The molecule has 1 rings (SSSR count). The zero-order valence-electron chi connectivity index (χ0n) is 6.57. The maximum atomic E-state index is 11.1. The molecule has 3 heteroatoms. The van der Waals surface area contributed by atoms with Gasteiger partial charge in [0.25, 0.3) is 5.91 Å². The van der Waals surface area contributed by atoms with E-state index in [0.717, 1.165) is 23.3 Å². The summed E-state index contributed by atoms with van der Waals surface area (Å²) >= 11 is 3.20. The van der Waals surface area contributed by atoms with Crippen molar-refractivity contribution in [2.45, 2.75) is 20.3 Å². The number of nitrogens with one attached hydrogen (secondary N) is 1. The summed E-state index contributed by atoms with van der Waals surface area (Å²) in [6, 6.07) is 0. The van der Waals surface area contributed by atoms with E-state index in [1.165, 1.54) is 0 Å². The third-order valence-electron chi connectivity index (χ3n) is 1.83. The number of amides is 1. The maximum Gasteiger partial charge on any atom is 0.251 e. The highest BCUT2D eigenvalue weighted by molar-refractivity contribution is 9.11. The van der Waals surface area contributed by atoms with Gasteiger partial charge in [-0.1, -0.05) is 22.9 Å². The van der Waals surface area contributed by atoms with Crippen molar-refractivity contribution in [3.05, 3.63) is 21.8 Å². The van der Waals surface area contributed by atoms with Gasteiger partial charge in [-0.3, -0.25) is 4.79 Å². The SMILES string of the molecule is CCC1=C(C)C(=O)NC1=CBr. The lowest BCUT2D eigenvalue weighted by molar-refractivity contribution is -0.116. The van der Waals surface area contributed by atoms with Crippen molar-refractivity contribution in [1.82, 2.24) is 5.32 Å². The lowest BCUT2D eigenvalue weighted by Crippen LogP contribution is -2.14. The van der Waals surface area contributed by atoms with Crippen molar-refractivity contribution >= 4 is 21.8 Å². The first-order valence-electron chi connectivity index (χ1n) is 3.52. The lowest BCUT2D eigenvalue weighted by atomic mass is 10.1. The third kappa shape index (κ3) is 1.38. The van der Waals surface area contributed by atoms with Crippen LogP contribution in [0.3, 0.4) is 0 Å². The highest BCUT2D eigenvalue weighted by Crippen LogP contribution is 2.23. The Bertz CT molecular complexity index is 253. The van der Waals surface area contributed by atoms with E-state index in [9.17, 15) is 4.79 Å². The van der Waals surface area contributed by atoms with Gasteiger partial charge in [0.05, 0.1) is 5.70 Å². The number of halogens is 1. The molecule has 0 saturated carbocycles.